The molecule has 0 aliphatic heterocycles. The lowest BCUT2D eigenvalue weighted by molar-refractivity contribution is 1.07. The molecular weight excluding hydrogens is 646 g/mol. The monoisotopic (exact) mass is 679 g/mol. The van der Waals surface area contributed by atoms with Gasteiger partial charge in [-0.1, -0.05) is 131 Å². The molecule has 52 heavy (non-hydrogen) atoms. The third-order valence-electron chi connectivity index (χ3n) is 11.3. The Morgan fingerprint density at radius 1 is 0.365 bits per heavy atom. The van der Waals surface area contributed by atoms with Crippen molar-refractivity contribution in [3.63, 3.8) is 0 Å². The summed E-state index contributed by atoms with van der Waals surface area (Å²) in [6, 6.07) is 40.5. The van der Waals surface area contributed by atoms with Crippen molar-refractivity contribution in [3.05, 3.63) is 121 Å². The van der Waals surface area contributed by atoms with Gasteiger partial charge in [0.2, 0.25) is 5.28 Å². The van der Waals surface area contributed by atoms with Crippen LogP contribution in [-0.2, 0) is 0 Å². The highest BCUT2D eigenvalue weighted by atomic mass is 35.5. The fourth-order valence-corrected chi connectivity index (χ4v) is 8.11. The molecule has 3 nitrogen and oxygen atoms in total. The molecule has 0 aliphatic rings. The molecule has 0 amide bonds. The Balaban J connectivity index is 1.19. The van der Waals surface area contributed by atoms with Gasteiger partial charge in [-0.3, -0.25) is 0 Å². The Kier molecular flexibility index (Phi) is 8.75. The summed E-state index contributed by atoms with van der Waals surface area (Å²) in [4.78, 5) is 14.1. The molecule has 240 valence electrons. The number of rotatable bonds is 5. The van der Waals surface area contributed by atoms with E-state index in [1.165, 1.54) is 82.0 Å². The first-order chi connectivity index (χ1) is 25.1. The molecule has 0 bridgehead atoms. The molecule has 0 saturated carbocycles. The Bertz CT molecular complexity index is 2710. The molecule has 0 N–H and O–H groups in total. The maximum Gasteiger partial charge on any atom is 0.226 e. The summed E-state index contributed by atoms with van der Waals surface area (Å²) < 4.78 is 0. The molecule has 1 heterocycles. The van der Waals surface area contributed by atoms with Gasteiger partial charge in [0.1, 0.15) is 54.9 Å². The van der Waals surface area contributed by atoms with Crippen molar-refractivity contribution in [2.45, 2.75) is 0 Å². The van der Waals surface area contributed by atoms with E-state index in [-0.39, 0.29) is 5.28 Å². The summed E-state index contributed by atoms with van der Waals surface area (Å²) in [5, 5.41) is 5.30. The van der Waals surface area contributed by atoms with Gasteiger partial charge in [0.25, 0.3) is 0 Å². The first kappa shape index (κ1) is 33.9. The van der Waals surface area contributed by atoms with E-state index in [9.17, 15) is 0 Å². The van der Waals surface area contributed by atoms with Crippen molar-refractivity contribution in [1.29, 1.82) is 0 Å². The van der Waals surface area contributed by atoms with Gasteiger partial charge in [-0.2, -0.15) is 9.97 Å². The van der Waals surface area contributed by atoms with Crippen LogP contribution >= 0.6 is 11.6 Å². The molecule has 0 atom stereocenters. The molecule has 0 saturated heterocycles. The lowest BCUT2D eigenvalue weighted by atomic mass is 9.59. The first-order valence-electron chi connectivity index (χ1n) is 17.8. The standard InChI is InChI=1S/C41H33B7ClN3/c42-32-29(30-31(34(44)36(32)46)35(45)38(48)37(47)33(30)43)21-15-17-22(18-16-21)39-50-40(52-41(49)51-39)24-10-4-9-23(19-24)26-12-6-13-27-25(11-5-14-28(26)27)20-7-2-1-3-8-20/h1-19H,42-48H2. The highest BCUT2D eigenvalue weighted by molar-refractivity contribution is 6.71. The minimum Gasteiger partial charge on any atom is -0.208 e. The number of benzene rings is 7. The van der Waals surface area contributed by atoms with Crippen molar-refractivity contribution in [3.8, 4) is 56.2 Å². The molecule has 7 aromatic carbocycles. The second-order valence-corrected chi connectivity index (χ2v) is 14.3. The van der Waals surface area contributed by atoms with Crippen LogP contribution in [-0.4, -0.2) is 69.9 Å². The summed E-state index contributed by atoms with van der Waals surface area (Å²) >= 11 is 6.60. The van der Waals surface area contributed by atoms with E-state index in [1.54, 1.807) is 0 Å². The smallest absolute Gasteiger partial charge is 0.208 e. The number of aromatic nitrogens is 3. The van der Waals surface area contributed by atoms with E-state index in [0.29, 0.717) is 11.6 Å². The van der Waals surface area contributed by atoms with Crippen LogP contribution in [0, 0.1) is 0 Å². The quantitative estimate of drug-likeness (QED) is 0.219. The number of fused-ring (bicyclic) bond motifs is 2. The van der Waals surface area contributed by atoms with Gasteiger partial charge < -0.3 is 0 Å². The number of nitrogens with zero attached hydrogens (tertiary/aromatic N) is 3. The Morgan fingerprint density at radius 3 is 1.48 bits per heavy atom. The zero-order valence-corrected chi connectivity index (χ0v) is 31.4. The SMILES string of the molecule is Bc1c(B)c(B)c2c(-c3ccc(-c4nc(Cl)nc(-c5cccc(-c6cccc7c(-c8ccccc8)cccc67)c5)n4)cc3)c(B)c(B)c(B)c2c1B. The maximum atomic E-state index is 6.60. The van der Waals surface area contributed by atoms with Crippen LogP contribution in [0.2, 0.25) is 5.28 Å². The van der Waals surface area contributed by atoms with Crippen LogP contribution in [0.1, 0.15) is 0 Å². The second-order valence-electron chi connectivity index (χ2n) is 14.0. The maximum absolute atomic E-state index is 6.60. The normalized spacial score (nSPS) is 11.3. The number of hydrogen-bond donors (Lipinski definition) is 0. The van der Waals surface area contributed by atoms with Gasteiger partial charge in [0, 0.05) is 11.1 Å². The fraction of sp³-hybridized carbons (Fsp3) is 0. The first-order valence-corrected chi connectivity index (χ1v) is 18.2. The van der Waals surface area contributed by atoms with Gasteiger partial charge in [-0.25, -0.2) is 4.98 Å². The second kappa shape index (κ2) is 13.4. The van der Waals surface area contributed by atoms with E-state index in [4.69, 9.17) is 16.6 Å². The Morgan fingerprint density at radius 2 is 0.846 bits per heavy atom. The predicted octanol–water partition coefficient (Wildman–Crippen LogP) is -1.02. The molecular formula is C41H33B7ClN3. The minimum absolute atomic E-state index is 0.167. The fourth-order valence-electron chi connectivity index (χ4n) is 7.95. The van der Waals surface area contributed by atoms with E-state index in [1.807, 2.05) is 6.07 Å². The van der Waals surface area contributed by atoms with E-state index >= 15 is 0 Å². The molecule has 1 aromatic heterocycles. The molecule has 0 fully saturated rings. The summed E-state index contributed by atoms with van der Waals surface area (Å²) in [5.74, 6) is 1.09. The molecule has 0 radical (unpaired) electrons. The van der Waals surface area contributed by atoms with Crippen molar-refractivity contribution < 1.29 is 0 Å². The highest BCUT2D eigenvalue weighted by Gasteiger charge is 2.19. The van der Waals surface area contributed by atoms with Gasteiger partial charge in [0.05, 0.1) is 0 Å². The third-order valence-corrected chi connectivity index (χ3v) is 11.5. The zero-order chi connectivity index (χ0) is 36.3. The Labute approximate surface area is 316 Å². The van der Waals surface area contributed by atoms with Gasteiger partial charge in [-0.15, -0.1) is 16.4 Å². The summed E-state index contributed by atoms with van der Waals surface area (Å²) in [5.41, 5.74) is 18.4. The average Bonchev–Trinajstić information content (AvgIpc) is 3.18. The average molecular weight is 679 g/mol. The number of hydrogen-bond acceptors (Lipinski definition) is 3. The molecule has 8 aromatic rings. The van der Waals surface area contributed by atoms with Gasteiger partial charge in [-0.05, 0) is 72.6 Å². The molecule has 11 heteroatoms. The van der Waals surface area contributed by atoms with Crippen LogP contribution in [0.15, 0.2) is 115 Å². The van der Waals surface area contributed by atoms with Gasteiger partial charge >= 0.3 is 0 Å². The lowest BCUT2D eigenvalue weighted by Crippen LogP contribution is -2.52. The Hall–Kier alpha value is -5.19. The van der Waals surface area contributed by atoms with E-state index in [2.05, 4.69) is 174 Å². The summed E-state index contributed by atoms with van der Waals surface area (Å²) in [7, 11) is 15.8. The van der Waals surface area contributed by atoms with Crippen LogP contribution in [0.4, 0.5) is 0 Å². The summed E-state index contributed by atoms with van der Waals surface area (Å²) in [6.45, 7) is 0. The predicted molar refractivity (Wildman–Crippen MR) is 244 cm³/mol. The molecule has 0 unspecified atom stereocenters. The van der Waals surface area contributed by atoms with Crippen LogP contribution in [0.5, 0.6) is 0 Å². The van der Waals surface area contributed by atoms with Crippen molar-refractivity contribution in [2.24, 2.45) is 0 Å². The minimum atomic E-state index is 0.167. The van der Waals surface area contributed by atoms with E-state index < -0.39 is 0 Å². The third kappa shape index (κ3) is 5.70. The molecule has 8 rings (SSSR count). The summed E-state index contributed by atoms with van der Waals surface area (Å²) in [6.07, 6.45) is 0. The zero-order valence-electron chi connectivity index (χ0n) is 30.7. The largest absolute Gasteiger partial charge is 0.226 e. The van der Waals surface area contributed by atoms with Gasteiger partial charge in [0.15, 0.2) is 11.6 Å². The van der Waals surface area contributed by atoms with Crippen molar-refractivity contribution in [1.82, 2.24) is 15.0 Å². The molecule has 0 aliphatic carbocycles. The number of halogens is 1. The van der Waals surface area contributed by atoms with Crippen LogP contribution in [0.3, 0.4) is 0 Å². The topological polar surface area (TPSA) is 38.7 Å². The lowest BCUT2D eigenvalue weighted by Gasteiger charge is -2.24. The van der Waals surface area contributed by atoms with Crippen molar-refractivity contribution >= 4 is 126 Å². The molecule has 0 spiro atoms. The van der Waals surface area contributed by atoms with Crippen molar-refractivity contribution in [2.75, 3.05) is 0 Å². The van der Waals surface area contributed by atoms with Crippen LogP contribution in [0.25, 0.3) is 77.7 Å². The highest BCUT2D eigenvalue weighted by Crippen LogP contribution is 2.36. The van der Waals surface area contributed by atoms with E-state index in [0.717, 1.165) is 22.3 Å². The van der Waals surface area contributed by atoms with Crippen LogP contribution < -0.4 is 38.2 Å².